The predicted octanol–water partition coefficient (Wildman–Crippen LogP) is 0.721. The van der Waals surface area contributed by atoms with E-state index in [0.29, 0.717) is 19.0 Å². The molecule has 0 radical (unpaired) electrons. The topological polar surface area (TPSA) is 90.7 Å². The van der Waals surface area contributed by atoms with Crippen LogP contribution in [-0.2, 0) is 14.8 Å². The second-order valence-corrected chi connectivity index (χ2v) is 5.87. The maximum absolute atomic E-state index is 10.9. The Morgan fingerprint density at radius 1 is 1.32 bits per heavy atom. The van der Waals surface area contributed by atoms with Crippen molar-refractivity contribution in [3.8, 4) is 5.75 Å². The van der Waals surface area contributed by atoms with Crippen LogP contribution in [0.15, 0.2) is 18.2 Å². The minimum atomic E-state index is -3.46. The molecule has 0 aliphatic carbocycles. The summed E-state index contributed by atoms with van der Waals surface area (Å²) in [5.74, 6) is 0.546. The summed E-state index contributed by atoms with van der Waals surface area (Å²) in [6.07, 6.45) is 0. The molecule has 1 aromatic rings. The van der Waals surface area contributed by atoms with E-state index in [1.54, 1.807) is 7.11 Å². The molecule has 0 heterocycles. The van der Waals surface area contributed by atoms with Gasteiger partial charge in [0.05, 0.1) is 18.0 Å². The number of hydrogen-bond donors (Lipinski definition) is 2. The Morgan fingerprint density at radius 2 is 2.05 bits per heavy atom. The summed E-state index contributed by atoms with van der Waals surface area (Å²) in [6, 6.07) is 5.65. The van der Waals surface area contributed by atoms with E-state index in [9.17, 15) is 8.42 Å². The van der Waals surface area contributed by atoms with Gasteiger partial charge in [-0.2, -0.15) is 0 Å². The molecule has 0 spiro atoms. The number of sulfonamides is 1. The van der Waals surface area contributed by atoms with Gasteiger partial charge in [-0.1, -0.05) is 6.07 Å². The largest absolute Gasteiger partial charge is 0.489 e. The molecule has 6 nitrogen and oxygen atoms in total. The number of ether oxygens (including phenoxy) is 2. The van der Waals surface area contributed by atoms with Crippen molar-refractivity contribution in [1.29, 1.82) is 0 Å². The Balaban J connectivity index is 2.65. The molecule has 19 heavy (non-hydrogen) atoms. The third-order valence-corrected chi connectivity index (χ3v) is 3.16. The zero-order valence-electron chi connectivity index (χ0n) is 11.2. The lowest BCUT2D eigenvalue weighted by atomic mass is 10.2. The molecule has 0 unspecified atom stereocenters. The molecule has 0 saturated carbocycles. The highest BCUT2D eigenvalue weighted by atomic mass is 32.2. The molecule has 108 valence electrons. The van der Waals surface area contributed by atoms with Crippen molar-refractivity contribution in [2.24, 2.45) is 5.14 Å². The summed E-state index contributed by atoms with van der Waals surface area (Å²) in [5.41, 5.74) is 1.80. The van der Waals surface area contributed by atoms with Crippen LogP contribution < -0.4 is 15.2 Å². The second-order valence-electron chi connectivity index (χ2n) is 4.13. The lowest BCUT2D eigenvalue weighted by molar-refractivity contribution is 0.146. The highest BCUT2D eigenvalue weighted by Gasteiger charge is 2.06. The molecule has 0 aliphatic heterocycles. The van der Waals surface area contributed by atoms with Crippen LogP contribution in [0, 0.1) is 6.92 Å². The third-order valence-electron chi connectivity index (χ3n) is 2.38. The Labute approximate surface area is 113 Å². The second kappa shape index (κ2) is 7.32. The molecule has 0 fully saturated rings. The van der Waals surface area contributed by atoms with Crippen LogP contribution in [-0.4, -0.2) is 41.0 Å². The summed E-state index contributed by atoms with van der Waals surface area (Å²) in [7, 11) is -1.86. The van der Waals surface area contributed by atoms with E-state index >= 15 is 0 Å². The van der Waals surface area contributed by atoms with Gasteiger partial charge >= 0.3 is 0 Å². The van der Waals surface area contributed by atoms with Gasteiger partial charge in [-0.3, -0.25) is 0 Å². The van der Waals surface area contributed by atoms with Crippen LogP contribution in [0.25, 0.3) is 0 Å². The molecule has 0 bridgehead atoms. The molecular formula is C12H20N2O4S. The van der Waals surface area contributed by atoms with Gasteiger partial charge in [-0.05, 0) is 24.6 Å². The summed E-state index contributed by atoms with van der Waals surface area (Å²) in [6.45, 7) is 3.12. The third kappa shape index (κ3) is 6.42. The van der Waals surface area contributed by atoms with E-state index in [0.717, 1.165) is 11.3 Å². The van der Waals surface area contributed by atoms with Gasteiger partial charge in [0.15, 0.2) is 0 Å². The maximum Gasteiger partial charge on any atom is 0.210 e. The Morgan fingerprint density at radius 3 is 2.68 bits per heavy atom. The normalized spacial score (nSPS) is 11.3. The molecule has 0 aliphatic rings. The monoisotopic (exact) mass is 288 g/mol. The fraction of sp³-hybridized carbons (Fsp3) is 0.500. The first-order valence-corrected chi connectivity index (χ1v) is 7.60. The van der Waals surface area contributed by atoms with Crippen molar-refractivity contribution in [2.45, 2.75) is 6.92 Å². The lowest BCUT2D eigenvalue weighted by Gasteiger charge is -2.13. The van der Waals surface area contributed by atoms with E-state index in [1.165, 1.54) is 0 Å². The number of nitrogens with two attached hydrogens (primary N) is 1. The number of nitrogens with one attached hydrogen (secondary N) is 1. The molecule has 1 rings (SSSR count). The molecule has 0 aromatic heterocycles. The highest BCUT2D eigenvalue weighted by Crippen LogP contribution is 2.25. The molecule has 7 heteroatoms. The maximum atomic E-state index is 10.9. The number of anilines is 1. The van der Waals surface area contributed by atoms with Crippen molar-refractivity contribution in [3.05, 3.63) is 23.8 Å². The molecule has 0 saturated heterocycles. The molecule has 3 N–H and O–H groups in total. The standard InChI is InChI=1S/C12H20N2O4S/c1-10-3-4-11(14-5-8-19(13,15)16)12(9-10)18-7-6-17-2/h3-4,9,14H,5-8H2,1-2H3,(H2,13,15,16). The summed E-state index contributed by atoms with van der Waals surface area (Å²) in [5, 5.41) is 7.94. The van der Waals surface area contributed by atoms with Gasteiger partial charge in [-0.25, -0.2) is 13.6 Å². The van der Waals surface area contributed by atoms with Crippen molar-refractivity contribution in [2.75, 3.05) is 37.9 Å². The fourth-order valence-corrected chi connectivity index (χ4v) is 1.84. The zero-order chi connectivity index (χ0) is 14.3. The fourth-order valence-electron chi connectivity index (χ4n) is 1.46. The van der Waals surface area contributed by atoms with E-state index in [-0.39, 0.29) is 12.3 Å². The molecule has 0 amide bonds. The molecule has 1 aromatic carbocycles. The number of aryl methyl sites for hydroxylation is 1. The zero-order valence-corrected chi connectivity index (χ0v) is 12.0. The number of benzene rings is 1. The van der Waals surface area contributed by atoms with E-state index in [2.05, 4.69) is 5.32 Å². The smallest absolute Gasteiger partial charge is 0.210 e. The average molecular weight is 288 g/mol. The Kier molecular flexibility index (Phi) is 6.07. The highest BCUT2D eigenvalue weighted by molar-refractivity contribution is 7.89. The molecule has 0 atom stereocenters. The van der Waals surface area contributed by atoms with Gasteiger partial charge < -0.3 is 14.8 Å². The number of hydrogen-bond acceptors (Lipinski definition) is 5. The number of rotatable bonds is 8. The van der Waals surface area contributed by atoms with Gasteiger partial charge in [0, 0.05) is 13.7 Å². The van der Waals surface area contributed by atoms with Crippen LogP contribution >= 0.6 is 0 Å². The number of methoxy groups -OCH3 is 1. The van der Waals surface area contributed by atoms with Crippen LogP contribution in [0.1, 0.15) is 5.56 Å². The summed E-state index contributed by atoms with van der Waals surface area (Å²) >= 11 is 0. The quantitative estimate of drug-likeness (QED) is 0.688. The minimum absolute atomic E-state index is 0.127. The van der Waals surface area contributed by atoms with E-state index in [4.69, 9.17) is 14.6 Å². The van der Waals surface area contributed by atoms with Gasteiger partial charge in [0.1, 0.15) is 12.4 Å². The summed E-state index contributed by atoms with van der Waals surface area (Å²) < 4.78 is 32.2. The van der Waals surface area contributed by atoms with Crippen LogP contribution in [0.2, 0.25) is 0 Å². The van der Waals surface area contributed by atoms with Crippen molar-refractivity contribution < 1.29 is 17.9 Å². The number of primary sulfonamides is 1. The Hall–Kier alpha value is -1.31. The van der Waals surface area contributed by atoms with Crippen LogP contribution in [0.3, 0.4) is 0 Å². The van der Waals surface area contributed by atoms with Gasteiger partial charge in [-0.15, -0.1) is 0 Å². The van der Waals surface area contributed by atoms with Gasteiger partial charge in [0.2, 0.25) is 10.0 Å². The SMILES string of the molecule is COCCOc1cc(C)ccc1NCCS(N)(=O)=O. The van der Waals surface area contributed by atoms with Crippen LogP contribution in [0.5, 0.6) is 5.75 Å². The van der Waals surface area contributed by atoms with Crippen molar-refractivity contribution in [3.63, 3.8) is 0 Å². The average Bonchev–Trinajstić information content (AvgIpc) is 2.30. The van der Waals surface area contributed by atoms with E-state index < -0.39 is 10.0 Å². The Bertz CT molecular complexity index is 502. The van der Waals surface area contributed by atoms with Gasteiger partial charge in [0.25, 0.3) is 0 Å². The van der Waals surface area contributed by atoms with E-state index in [1.807, 2.05) is 25.1 Å². The van der Waals surface area contributed by atoms with Crippen LogP contribution in [0.4, 0.5) is 5.69 Å². The minimum Gasteiger partial charge on any atom is -0.489 e. The first-order chi connectivity index (χ1) is 8.92. The van der Waals surface area contributed by atoms with Crippen molar-refractivity contribution in [1.82, 2.24) is 0 Å². The first kappa shape index (κ1) is 15.7. The van der Waals surface area contributed by atoms with Crippen molar-refractivity contribution >= 4 is 15.7 Å². The summed E-state index contributed by atoms with van der Waals surface area (Å²) in [4.78, 5) is 0. The predicted molar refractivity (Wildman–Crippen MR) is 75.0 cm³/mol. The first-order valence-electron chi connectivity index (χ1n) is 5.89. The lowest BCUT2D eigenvalue weighted by Crippen LogP contribution is -2.22. The molecular weight excluding hydrogens is 268 g/mol.